The summed E-state index contributed by atoms with van der Waals surface area (Å²) in [6.45, 7) is 0. The van der Waals surface area contributed by atoms with Gasteiger partial charge in [0.25, 0.3) is 0 Å². The highest BCUT2D eigenvalue weighted by atomic mass is 19.4. The van der Waals surface area contributed by atoms with Gasteiger partial charge in [0.2, 0.25) is 5.88 Å². The SMILES string of the molecule is OC1c2c(C(F)(F)F)cnc(OC3CC(F)C3)c2C(F)C1(F)F. The van der Waals surface area contributed by atoms with E-state index >= 15 is 0 Å². The van der Waals surface area contributed by atoms with Gasteiger partial charge in [0.05, 0.1) is 11.1 Å². The Morgan fingerprint density at radius 2 is 1.78 bits per heavy atom. The summed E-state index contributed by atoms with van der Waals surface area (Å²) in [5, 5.41) is 9.46. The van der Waals surface area contributed by atoms with E-state index in [1.165, 1.54) is 0 Å². The van der Waals surface area contributed by atoms with Gasteiger partial charge in [-0.1, -0.05) is 0 Å². The van der Waals surface area contributed by atoms with Crippen LogP contribution in [0.15, 0.2) is 6.20 Å². The van der Waals surface area contributed by atoms with Crippen molar-refractivity contribution in [3.05, 3.63) is 22.9 Å². The molecule has 1 fully saturated rings. The minimum absolute atomic E-state index is 0.0899. The fraction of sp³-hybridized carbons (Fsp3) is 0.615. The van der Waals surface area contributed by atoms with Crippen molar-refractivity contribution in [1.29, 1.82) is 0 Å². The fourth-order valence-electron chi connectivity index (χ4n) is 2.66. The van der Waals surface area contributed by atoms with Gasteiger partial charge in [-0.05, 0) is 0 Å². The highest BCUT2D eigenvalue weighted by molar-refractivity contribution is 5.50. The number of aromatic nitrogens is 1. The average molecular weight is 345 g/mol. The second kappa shape index (κ2) is 4.96. The van der Waals surface area contributed by atoms with Crippen molar-refractivity contribution in [1.82, 2.24) is 4.98 Å². The smallest absolute Gasteiger partial charge is 0.418 e. The van der Waals surface area contributed by atoms with Crippen LogP contribution in [0, 0.1) is 0 Å². The van der Waals surface area contributed by atoms with Crippen molar-refractivity contribution in [3.8, 4) is 5.88 Å². The summed E-state index contributed by atoms with van der Waals surface area (Å²) in [5.41, 5.74) is -4.06. The van der Waals surface area contributed by atoms with Crippen molar-refractivity contribution in [2.24, 2.45) is 0 Å². The van der Waals surface area contributed by atoms with E-state index in [2.05, 4.69) is 4.98 Å². The van der Waals surface area contributed by atoms with E-state index in [-0.39, 0.29) is 19.0 Å². The van der Waals surface area contributed by atoms with Crippen molar-refractivity contribution in [2.45, 2.75) is 49.5 Å². The molecule has 0 bridgehead atoms. The minimum Gasteiger partial charge on any atom is -0.474 e. The Labute approximate surface area is 125 Å². The third kappa shape index (κ3) is 2.43. The maximum Gasteiger partial charge on any atom is 0.418 e. The van der Waals surface area contributed by atoms with Crippen molar-refractivity contribution in [2.75, 3.05) is 0 Å². The molecule has 2 atom stereocenters. The van der Waals surface area contributed by atoms with E-state index < -0.39 is 59.2 Å². The third-order valence-electron chi connectivity index (χ3n) is 3.97. The molecule has 23 heavy (non-hydrogen) atoms. The number of ether oxygens (including phenoxy) is 1. The molecular formula is C13H10F7NO2. The molecular weight excluding hydrogens is 335 g/mol. The Balaban J connectivity index is 2.08. The van der Waals surface area contributed by atoms with E-state index in [0.29, 0.717) is 0 Å². The summed E-state index contributed by atoms with van der Waals surface area (Å²) in [5.74, 6) is -5.21. The topological polar surface area (TPSA) is 42.4 Å². The standard InChI is InChI=1S/C13H10F7NO2/c14-4-1-5(2-4)23-11-8-7(6(3-21-11)13(18,19)20)10(22)12(16,17)9(8)15/h3-5,9-10,22H,1-2H2. The molecule has 0 radical (unpaired) electrons. The lowest BCUT2D eigenvalue weighted by atomic mass is 9.93. The average Bonchev–Trinajstić information content (AvgIpc) is 2.58. The zero-order valence-electron chi connectivity index (χ0n) is 11.2. The van der Waals surface area contributed by atoms with Crippen molar-refractivity contribution < 1.29 is 40.6 Å². The Kier molecular flexibility index (Phi) is 3.51. The van der Waals surface area contributed by atoms with Crippen LogP contribution in [-0.4, -0.2) is 28.3 Å². The second-order valence-corrected chi connectivity index (χ2v) is 5.55. The van der Waals surface area contributed by atoms with Crippen LogP contribution < -0.4 is 4.74 Å². The molecule has 1 saturated carbocycles. The molecule has 0 saturated heterocycles. The molecule has 128 valence electrons. The molecule has 10 heteroatoms. The normalized spacial score (nSPS) is 32.3. The highest BCUT2D eigenvalue weighted by Gasteiger charge is 2.60. The van der Waals surface area contributed by atoms with Gasteiger partial charge in [-0.3, -0.25) is 0 Å². The summed E-state index contributed by atoms with van der Waals surface area (Å²) in [6.07, 6.45) is -13.2. The van der Waals surface area contributed by atoms with Gasteiger partial charge in [0.1, 0.15) is 18.4 Å². The van der Waals surface area contributed by atoms with E-state index in [1.807, 2.05) is 0 Å². The van der Waals surface area contributed by atoms with Gasteiger partial charge < -0.3 is 9.84 Å². The number of hydrogen-bond acceptors (Lipinski definition) is 3. The fourth-order valence-corrected chi connectivity index (χ4v) is 2.66. The van der Waals surface area contributed by atoms with Gasteiger partial charge in [0, 0.05) is 24.6 Å². The highest BCUT2D eigenvalue weighted by Crippen LogP contribution is 2.57. The number of rotatable bonds is 2. The van der Waals surface area contributed by atoms with Crippen LogP contribution >= 0.6 is 0 Å². The first-order chi connectivity index (χ1) is 10.5. The van der Waals surface area contributed by atoms with E-state index in [4.69, 9.17) is 4.74 Å². The van der Waals surface area contributed by atoms with Crippen LogP contribution in [0.2, 0.25) is 0 Å². The number of hydrogen-bond donors (Lipinski definition) is 1. The largest absolute Gasteiger partial charge is 0.474 e. The van der Waals surface area contributed by atoms with Gasteiger partial charge in [-0.25, -0.2) is 13.8 Å². The molecule has 2 aliphatic rings. The summed E-state index contributed by atoms with van der Waals surface area (Å²) >= 11 is 0. The monoisotopic (exact) mass is 345 g/mol. The number of aliphatic hydroxyl groups is 1. The maximum absolute atomic E-state index is 14.0. The molecule has 0 aromatic carbocycles. The van der Waals surface area contributed by atoms with Crippen molar-refractivity contribution >= 4 is 0 Å². The lowest BCUT2D eigenvalue weighted by molar-refractivity contribution is -0.152. The molecule has 3 nitrogen and oxygen atoms in total. The molecule has 0 amide bonds. The lowest BCUT2D eigenvalue weighted by Crippen LogP contribution is -2.35. The molecule has 1 aromatic rings. The molecule has 2 aliphatic carbocycles. The van der Waals surface area contributed by atoms with Crippen LogP contribution in [0.4, 0.5) is 30.7 Å². The van der Waals surface area contributed by atoms with Crippen LogP contribution in [0.1, 0.15) is 41.8 Å². The molecule has 1 aromatic heterocycles. The summed E-state index contributed by atoms with van der Waals surface area (Å²) in [6, 6.07) is 0. The Morgan fingerprint density at radius 1 is 1.17 bits per heavy atom. The Morgan fingerprint density at radius 3 is 2.30 bits per heavy atom. The number of halogens is 7. The zero-order chi connectivity index (χ0) is 17.2. The number of aliphatic hydroxyl groups excluding tert-OH is 1. The lowest BCUT2D eigenvalue weighted by Gasteiger charge is -2.30. The van der Waals surface area contributed by atoms with Gasteiger partial charge in [-0.2, -0.15) is 22.0 Å². The van der Waals surface area contributed by atoms with E-state index in [1.54, 1.807) is 0 Å². The van der Waals surface area contributed by atoms with Gasteiger partial charge in [-0.15, -0.1) is 0 Å². The predicted octanol–water partition coefficient (Wildman–Crippen LogP) is 3.67. The number of pyridine rings is 1. The first-order valence-electron chi connectivity index (χ1n) is 6.64. The van der Waals surface area contributed by atoms with Crippen molar-refractivity contribution in [3.63, 3.8) is 0 Å². The summed E-state index contributed by atoms with van der Waals surface area (Å²) in [4.78, 5) is 3.26. The third-order valence-corrected chi connectivity index (χ3v) is 3.97. The number of fused-ring (bicyclic) bond motifs is 1. The first-order valence-corrected chi connectivity index (χ1v) is 6.64. The molecule has 3 rings (SSSR count). The molecule has 0 aliphatic heterocycles. The maximum atomic E-state index is 14.0. The minimum atomic E-state index is -5.10. The summed E-state index contributed by atoms with van der Waals surface area (Å²) in [7, 11) is 0. The molecule has 1 heterocycles. The molecule has 0 spiro atoms. The van der Waals surface area contributed by atoms with Crippen LogP contribution in [0.25, 0.3) is 0 Å². The number of nitrogens with zero attached hydrogens (tertiary/aromatic N) is 1. The van der Waals surface area contributed by atoms with Crippen LogP contribution in [0.3, 0.4) is 0 Å². The van der Waals surface area contributed by atoms with Crippen LogP contribution in [-0.2, 0) is 6.18 Å². The second-order valence-electron chi connectivity index (χ2n) is 5.55. The van der Waals surface area contributed by atoms with Gasteiger partial charge in [0.15, 0.2) is 6.17 Å². The van der Waals surface area contributed by atoms with Gasteiger partial charge >= 0.3 is 12.1 Å². The quantitative estimate of drug-likeness (QED) is 0.832. The first kappa shape index (κ1) is 16.3. The van der Waals surface area contributed by atoms with E-state index in [0.717, 1.165) is 0 Å². The number of alkyl halides is 7. The Bertz CT molecular complexity index is 627. The summed E-state index contributed by atoms with van der Waals surface area (Å²) < 4.78 is 97.7. The van der Waals surface area contributed by atoms with E-state index in [9.17, 15) is 35.8 Å². The zero-order valence-corrected chi connectivity index (χ0v) is 11.2. The van der Waals surface area contributed by atoms with Crippen LogP contribution in [0.5, 0.6) is 5.88 Å². The predicted molar refractivity (Wildman–Crippen MR) is 61.5 cm³/mol. The molecule has 2 unspecified atom stereocenters. The Hall–Kier alpha value is -1.58. The molecule has 1 N–H and O–H groups in total.